The van der Waals surface area contributed by atoms with E-state index in [0.717, 1.165) is 49.4 Å². The van der Waals surface area contributed by atoms with Gasteiger partial charge in [0.1, 0.15) is 16.7 Å². The van der Waals surface area contributed by atoms with Crippen LogP contribution in [0.3, 0.4) is 0 Å². The molecule has 0 amide bonds. The van der Waals surface area contributed by atoms with Gasteiger partial charge in [0.2, 0.25) is 0 Å². The van der Waals surface area contributed by atoms with Gasteiger partial charge in [0.25, 0.3) is 0 Å². The summed E-state index contributed by atoms with van der Waals surface area (Å²) in [4.78, 5) is 0. The number of aromatic nitrogens is 2. The summed E-state index contributed by atoms with van der Waals surface area (Å²) in [6, 6.07) is 3.42. The lowest BCUT2D eigenvalue weighted by atomic mass is 10.1. The van der Waals surface area contributed by atoms with Crippen LogP contribution in [-0.4, -0.2) is 9.78 Å². The third-order valence-corrected chi connectivity index (χ3v) is 3.87. The van der Waals surface area contributed by atoms with Gasteiger partial charge >= 0.3 is 0 Å². The van der Waals surface area contributed by atoms with E-state index in [4.69, 9.17) is 11.6 Å². The highest BCUT2D eigenvalue weighted by molar-refractivity contribution is 6.30. The summed E-state index contributed by atoms with van der Waals surface area (Å²) in [7, 11) is 0. The second-order valence-electron chi connectivity index (χ2n) is 4.78. The Morgan fingerprint density at radius 3 is 2.68 bits per heavy atom. The van der Waals surface area contributed by atoms with Crippen molar-refractivity contribution in [2.45, 2.75) is 32.1 Å². The number of fused-ring (bicyclic) bond motifs is 1. The van der Waals surface area contributed by atoms with E-state index >= 15 is 0 Å². The van der Waals surface area contributed by atoms with Crippen molar-refractivity contribution < 1.29 is 8.78 Å². The molecule has 1 aliphatic rings. The molecule has 0 bridgehead atoms. The zero-order valence-electron chi connectivity index (χ0n) is 10.3. The third-order valence-electron chi connectivity index (χ3n) is 3.48. The maximum absolute atomic E-state index is 13.8. The van der Waals surface area contributed by atoms with Crippen LogP contribution in [-0.2, 0) is 12.8 Å². The summed E-state index contributed by atoms with van der Waals surface area (Å²) in [6.45, 7) is 0. The SMILES string of the molecule is Fc1ccc(-n2nc3c(c2Cl)CCCCC3)c(F)c1. The zero-order chi connectivity index (χ0) is 13.4. The first kappa shape index (κ1) is 12.6. The normalized spacial score (nSPS) is 15.1. The van der Waals surface area contributed by atoms with Crippen LogP contribution in [0.2, 0.25) is 5.15 Å². The minimum atomic E-state index is -0.653. The van der Waals surface area contributed by atoms with Crippen LogP contribution in [0, 0.1) is 11.6 Å². The number of aryl methyl sites for hydroxylation is 1. The van der Waals surface area contributed by atoms with E-state index in [1.54, 1.807) is 0 Å². The Bertz CT molecular complexity index is 622. The minimum Gasteiger partial charge on any atom is -0.219 e. The van der Waals surface area contributed by atoms with E-state index in [0.29, 0.717) is 5.15 Å². The molecule has 1 aliphatic carbocycles. The molecule has 0 N–H and O–H groups in total. The quantitative estimate of drug-likeness (QED) is 0.721. The fourth-order valence-electron chi connectivity index (χ4n) is 2.50. The summed E-state index contributed by atoms with van der Waals surface area (Å²) in [5, 5.41) is 4.84. The predicted octanol–water partition coefficient (Wildman–Crippen LogP) is 4.07. The van der Waals surface area contributed by atoms with Crippen molar-refractivity contribution in [1.82, 2.24) is 9.78 Å². The molecule has 3 rings (SSSR count). The number of hydrogen-bond donors (Lipinski definition) is 0. The van der Waals surface area contributed by atoms with Gasteiger partial charge in [0.05, 0.1) is 5.69 Å². The van der Waals surface area contributed by atoms with E-state index < -0.39 is 11.6 Å². The Hall–Kier alpha value is -1.42. The maximum Gasteiger partial charge on any atom is 0.151 e. The molecule has 2 aromatic rings. The summed E-state index contributed by atoms with van der Waals surface area (Å²) < 4.78 is 28.1. The number of nitrogens with zero attached hydrogens (tertiary/aromatic N) is 2. The van der Waals surface area contributed by atoms with Crippen LogP contribution in [0.4, 0.5) is 8.78 Å². The van der Waals surface area contributed by atoms with Crippen LogP contribution in [0.15, 0.2) is 18.2 Å². The summed E-state index contributed by atoms with van der Waals surface area (Å²) in [5.74, 6) is -1.26. The zero-order valence-corrected chi connectivity index (χ0v) is 11.1. The van der Waals surface area contributed by atoms with E-state index in [9.17, 15) is 8.78 Å². The van der Waals surface area contributed by atoms with Crippen molar-refractivity contribution in [3.8, 4) is 5.69 Å². The standard InChI is InChI=1S/C14H13ClF2N2/c15-14-10-4-2-1-3-5-12(10)18-19(14)13-7-6-9(16)8-11(13)17/h6-8H,1-5H2. The first-order valence-corrected chi connectivity index (χ1v) is 6.76. The van der Waals surface area contributed by atoms with Crippen LogP contribution in [0.25, 0.3) is 5.69 Å². The van der Waals surface area contributed by atoms with E-state index in [-0.39, 0.29) is 5.69 Å². The van der Waals surface area contributed by atoms with E-state index in [2.05, 4.69) is 5.10 Å². The molecule has 19 heavy (non-hydrogen) atoms. The molecule has 1 heterocycles. The molecule has 100 valence electrons. The van der Waals surface area contributed by atoms with Crippen molar-refractivity contribution >= 4 is 11.6 Å². The summed E-state index contributed by atoms with van der Waals surface area (Å²) >= 11 is 6.30. The average molecular weight is 283 g/mol. The van der Waals surface area contributed by atoms with E-state index in [1.807, 2.05) is 0 Å². The van der Waals surface area contributed by atoms with Gasteiger partial charge in [-0.05, 0) is 37.8 Å². The highest BCUT2D eigenvalue weighted by Crippen LogP contribution is 2.29. The molecule has 0 saturated carbocycles. The second kappa shape index (κ2) is 4.93. The summed E-state index contributed by atoms with van der Waals surface area (Å²) in [5.41, 5.74) is 2.13. The Balaban J connectivity index is 2.11. The lowest BCUT2D eigenvalue weighted by molar-refractivity contribution is 0.572. The molecule has 0 radical (unpaired) electrons. The Kier molecular flexibility index (Phi) is 3.27. The highest BCUT2D eigenvalue weighted by Gasteiger charge is 2.20. The third kappa shape index (κ3) is 2.25. The lowest BCUT2D eigenvalue weighted by Gasteiger charge is -2.05. The average Bonchev–Trinajstić information content (AvgIpc) is 2.57. The van der Waals surface area contributed by atoms with Crippen molar-refractivity contribution in [1.29, 1.82) is 0 Å². The van der Waals surface area contributed by atoms with Gasteiger partial charge in [-0.3, -0.25) is 0 Å². The molecule has 0 unspecified atom stereocenters. The second-order valence-corrected chi connectivity index (χ2v) is 5.14. The number of rotatable bonds is 1. The van der Waals surface area contributed by atoms with Crippen LogP contribution in [0.5, 0.6) is 0 Å². The van der Waals surface area contributed by atoms with Crippen LogP contribution in [0.1, 0.15) is 30.5 Å². The van der Waals surface area contributed by atoms with Crippen molar-refractivity contribution in [3.05, 3.63) is 46.2 Å². The lowest BCUT2D eigenvalue weighted by Crippen LogP contribution is -2.01. The topological polar surface area (TPSA) is 17.8 Å². The highest BCUT2D eigenvalue weighted by atomic mass is 35.5. The molecule has 5 heteroatoms. The molecule has 1 aromatic heterocycles. The van der Waals surface area contributed by atoms with Crippen molar-refractivity contribution in [2.24, 2.45) is 0 Å². The fraction of sp³-hybridized carbons (Fsp3) is 0.357. The molecule has 0 saturated heterocycles. The van der Waals surface area contributed by atoms with Gasteiger partial charge in [0.15, 0.2) is 5.82 Å². The maximum atomic E-state index is 13.8. The monoisotopic (exact) mass is 282 g/mol. The Morgan fingerprint density at radius 2 is 1.89 bits per heavy atom. The first-order valence-electron chi connectivity index (χ1n) is 6.38. The molecule has 0 atom stereocenters. The van der Waals surface area contributed by atoms with Crippen molar-refractivity contribution in [3.63, 3.8) is 0 Å². The number of hydrogen-bond acceptors (Lipinski definition) is 1. The van der Waals surface area contributed by atoms with Gasteiger partial charge in [-0.1, -0.05) is 18.0 Å². The molecule has 0 aliphatic heterocycles. The smallest absolute Gasteiger partial charge is 0.151 e. The Labute approximate surface area is 115 Å². The van der Waals surface area contributed by atoms with Crippen LogP contribution >= 0.6 is 11.6 Å². The van der Waals surface area contributed by atoms with Gasteiger partial charge < -0.3 is 0 Å². The van der Waals surface area contributed by atoms with Crippen molar-refractivity contribution in [2.75, 3.05) is 0 Å². The molecule has 0 spiro atoms. The largest absolute Gasteiger partial charge is 0.219 e. The first-order chi connectivity index (χ1) is 9.16. The molecule has 1 aromatic carbocycles. The fourth-order valence-corrected chi connectivity index (χ4v) is 2.84. The Morgan fingerprint density at radius 1 is 1.11 bits per heavy atom. The van der Waals surface area contributed by atoms with E-state index in [1.165, 1.54) is 16.8 Å². The summed E-state index contributed by atoms with van der Waals surface area (Å²) in [6.07, 6.45) is 5.05. The molecule has 0 fully saturated rings. The van der Waals surface area contributed by atoms with Gasteiger partial charge in [0, 0.05) is 11.6 Å². The molecular weight excluding hydrogens is 270 g/mol. The molecular formula is C14H13ClF2N2. The predicted molar refractivity (Wildman–Crippen MR) is 69.7 cm³/mol. The van der Waals surface area contributed by atoms with Gasteiger partial charge in [-0.25, -0.2) is 13.5 Å². The number of benzene rings is 1. The number of halogens is 3. The minimum absolute atomic E-state index is 0.194. The van der Waals surface area contributed by atoms with Crippen LogP contribution < -0.4 is 0 Å². The van der Waals surface area contributed by atoms with Gasteiger partial charge in [-0.2, -0.15) is 5.10 Å². The molecule has 2 nitrogen and oxygen atoms in total. The van der Waals surface area contributed by atoms with Gasteiger partial charge in [-0.15, -0.1) is 0 Å².